The molecule has 0 spiro atoms. The molecule has 0 atom stereocenters. The Bertz CT molecular complexity index is 1050. The number of hydrogen-bond donors (Lipinski definition) is 1. The van der Waals surface area contributed by atoms with Gasteiger partial charge in [0.2, 0.25) is 0 Å². The lowest BCUT2D eigenvalue weighted by molar-refractivity contribution is 0.0898. The maximum atomic E-state index is 12.7. The molecule has 4 rings (SSSR count). The van der Waals surface area contributed by atoms with Gasteiger partial charge < -0.3 is 9.73 Å². The van der Waals surface area contributed by atoms with Crippen LogP contribution in [0.25, 0.3) is 0 Å². The molecule has 1 aliphatic rings. The van der Waals surface area contributed by atoms with Gasteiger partial charge in [0.05, 0.1) is 12.1 Å². The van der Waals surface area contributed by atoms with E-state index in [4.69, 9.17) is 4.42 Å². The SMILES string of the molecule is Cc1c(C(=O)Nc2ccn(Cc3ccncc3)n2)oc2c1C(=O)CC(C)(C)C2. The Hall–Kier alpha value is -3.22. The predicted molar refractivity (Wildman–Crippen MR) is 103 cm³/mol. The van der Waals surface area contributed by atoms with Crippen LogP contribution < -0.4 is 5.32 Å². The van der Waals surface area contributed by atoms with Crippen molar-refractivity contribution in [1.29, 1.82) is 0 Å². The van der Waals surface area contributed by atoms with Crippen molar-refractivity contribution in [3.8, 4) is 0 Å². The standard InChI is InChI=1S/C21H22N4O3/c1-13-18-15(26)10-21(2,3)11-16(18)28-19(13)20(27)23-17-6-9-25(24-17)12-14-4-7-22-8-5-14/h4-9H,10-12H2,1-3H3,(H,23,24,27). The summed E-state index contributed by atoms with van der Waals surface area (Å²) >= 11 is 0. The lowest BCUT2D eigenvalue weighted by Crippen LogP contribution is -2.26. The molecule has 0 aliphatic heterocycles. The highest BCUT2D eigenvalue weighted by Crippen LogP contribution is 2.38. The Morgan fingerprint density at radius 1 is 1.25 bits per heavy atom. The number of carbonyl (C=O) groups excluding carboxylic acids is 2. The molecule has 0 saturated heterocycles. The molecule has 3 heterocycles. The number of aromatic nitrogens is 3. The number of hydrogen-bond acceptors (Lipinski definition) is 5. The lowest BCUT2D eigenvalue weighted by atomic mass is 9.76. The minimum absolute atomic E-state index is 0.0354. The maximum Gasteiger partial charge on any atom is 0.292 e. The van der Waals surface area contributed by atoms with Gasteiger partial charge >= 0.3 is 0 Å². The number of nitrogens with zero attached hydrogens (tertiary/aromatic N) is 3. The van der Waals surface area contributed by atoms with Gasteiger partial charge in [-0.2, -0.15) is 5.10 Å². The number of Topliss-reactive ketones (excluding diaryl/α,β-unsaturated/α-hetero) is 1. The van der Waals surface area contributed by atoms with E-state index in [1.54, 1.807) is 36.3 Å². The molecule has 7 nitrogen and oxygen atoms in total. The predicted octanol–water partition coefficient (Wildman–Crippen LogP) is 3.64. The van der Waals surface area contributed by atoms with Gasteiger partial charge in [0.1, 0.15) is 5.76 Å². The fourth-order valence-corrected chi connectivity index (χ4v) is 3.66. The molecular weight excluding hydrogens is 356 g/mol. The van der Waals surface area contributed by atoms with Crippen LogP contribution in [0, 0.1) is 12.3 Å². The van der Waals surface area contributed by atoms with Crippen LogP contribution >= 0.6 is 0 Å². The smallest absolute Gasteiger partial charge is 0.292 e. The van der Waals surface area contributed by atoms with Crippen molar-refractivity contribution in [1.82, 2.24) is 14.8 Å². The maximum absolute atomic E-state index is 12.7. The van der Waals surface area contributed by atoms with Gasteiger partial charge in [-0.1, -0.05) is 13.8 Å². The van der Waals surface area contributed by atoms with Crippen molar-refractivity contribution in [2.75, 3.05) is 5.32 Å². The monoisotopic (exact) mass is 378 g/mol. The summed E-state index contributed by atoms with van der Waals surface area (Å²) in [5.74, 6) is 0.853. The first kappa shape index (κ1) is 18.2. The van der Waals surface area contributed by atoms with Gasteiger partial charge in [0.25, 0.3) is 5.91 Å². The van der Waals surface area contributed by atoms with Crippen molar-refractivity contribution < 1.29 is 14.0 Å². The van der Waals surface area contributed by atoms with Gasteiger partial charge in [0.15, 0.2) is 17.4 Å². The molecule has 1 aliphatic carbocycles. The quantitative estimate of drug-likeness (QED) is 0.749. The molecule has 7 heteroatoms. The number of ketones is 1. The van der Waals surface area contributed by atoms with E-state index in [1.807, 2.05) is 26.0 Å². The minimum Gasteiger partial charge on any atom is -0.455 e. The molecule has 3 aromatic heterocycles. The Morgan fingerprint density at radius 3 is 2.75 bits per heavy atom. The normalized spacial score (nSPS) is 15.3. The Morgan fingerprint density at radius 2 is 2.00 bits per heavy atom. The van der Waals surface area contributed by atoms with Crippen molar-refractivity contribution >= 4 is 17.5 Å². The van der Waals surface area contributed by atoms with Crippen LogP contribution in [0.2, 0.25) is 0 Å². The third kappa shape index (κ3) is 3.47. The number of rotatable bonds is 4. The van der Waals surface area contributed by atoms with Crippen LogP contribution in [0.4, 0.5) is 5.82 Å². The molecule has 28 heavy (non-hydrogen) atoms. The molecule has 0 saturated carbocycles. The molecule has 0 aromatic carbocycles. The molecule has 0 unspecified atom stereocenters. The Labute approximate surface area is 162 Å². The zero-order chi connectivity index (χ0) is 19.9. The second-order valence-electron chi connectivity index (χ2n) is 8.00. The third-order valence-electron chi connectivity index (χ3n) is 4.96. The van der Waals surface area contributed by atoms with E-state index < -0.39 is 5.91 Å². The van der Waals surface area contributed by atoms with Crippen molar-refractivity contribution in [3.63, 3.8) is 0 Å². The Kier molecular flexibility index (Phi) is 4.37. The molecule has 1 N–H and O–H groups in total. The zero-order valence-electron chi connectivity index (χ0n) is 16.2. The first-order valence-electron chi connectivity index (χ1n) is 9.21. The number of furan rings is 1. The van der Waals surface area contributed by atoms with Gasteiger partial charge in [-0.3, -0.25) is 19.3 Å². The number of nitrogens with one attached hydrogen (secondary N) is 1. The fourth-order valence-electron chi connectivity index (χ4n) is 3.66. The first-order chi connectivity index (χ1) is 13.3. The lowest BCUT2D eigenvalue weighted by Gasteiger charge is -2.27. The molecule has 0 fully saturated rings. The van der Waals surface area contributed by atoms with E-state index in [2.05, 4.69) is 15.4 Å². The number of anilines is 1. The van der Waals surface area contributed by atoms with E-state index in [9.17, 15) is 9.59 Å². The zero-order valence-corrected chi connectivity index (χ0v) is 16.2. The summed E-state index contributed by atoms with van der Waals surface area (Å²) in [6, 6.07) is 5.55. The fraction of sp³-hybridized carbons (Fsp3) is 0.333. The van der Waals surface area contributed by atoms with Crippen molar-refractivity contribution in [3.05, 3.63) is 65.0 Å². The number of pyridine rings is 1. The number of fused-ring (bicyclic) bond motifs is 1. The number of carbonyl (C=O) groups is 2. The van der Waals surface area contributed by atoms with Gasteiger partial charge in [-0.15, -0.1) is 0 Å². The average molecular weight is 378 g/mol. The molecule has 3 aromatic rings. The molecular formula is C21H22N4O3. The highest BCUT2D eigenvalue weighted by atomic mass is 16.4. The summed E-state index contributed by atoms with van der Waals surface area (Å²) in [5.41, 5.74) is 2.07. The minimum atomic E-state index is -0.397. The van der Waals surface area contributed by atoms with Gasteiger partial charge in [-0.25, -0.2) is 0 Å². The van der Waals surface area contributed by atoms with Crippen LogP contribution in [0.1, 0.15) is 58.1 Å². The summed E-state index contributed by atoms with van der Waals surface area (Å²) in [5, 5.41) is 7.14. The summed E-state index contributed by atoms with van der Waals surface area (Å²) < 4.78 is 7.54. The van der Waals surface area contributed by atoms with Crippen LogP contribution in [-0.4, -0.2) is 26.5 Å². The summed E-state index contributed by atoms with van der Waals surface area (Å²) in [7, 11) is 0. The van der Waals surface area contributed by atoms with Crippen LogP contribution in [0.15, 0.2) is 41.2 Å². The van der Waals surface area contributed by atoms with Crippen LogP contribution in [0.5, 0.6) is 0 Å². The van der Waals surface area contributed by atoms with E-state index in [-0.39, 0.29) is 17.0 Å². The second kappa shape index (κ2) is 6.74. The highest BCUT2D eigenvalue weighted by Gasteiger charge is 2.37. The molecule has 0 bridgehead atoms. The second-order valence-corrected chi connectivity index (χ2v) is 8.00. The largest absolute Gasteiger partial charge is 0.455 e. The molecule has 144 valence electrons. The van der Waals surface area contributed by atoms with Crippen LogP contribution in [-0.2, 0) is 13.0 Å². The summed E-state index contributed by atoms with van der Waals surface area (Å²) in [4.78, 5) is 29.2. The molecule has 0 radical (unpaired) electrons. The third-order valence-corrected chi connectivity index (χ3v) is 4.96. The highest BCUT2D eigenvalue weighted by molar-refractivity contribution is 6.07. The molecule has 1 amide bonds. The van der Waals surface area contributed by atoms with Crippen molar-refractivity contribution in [2.24, 2.45) is 5.41 Å². The summed E-state index contributed by atoms with van der Waals surface area (Å²) in [6.45, 7) is 6.40. The van der Waals surface area contributed by atoms with E-state index in [1.165, 1.54) is 0 Å². The first-order valence-corrected chi connectivity index (χ1v) is 9.21. The van der Waals surface area contributed by atoms with E-state index in [0.29, 0.717) is 42.1 Å². The van der Waals surface area contributed by atoms with Crippen LogP contribution in [0.3, 0.4) is 0 Å². The average Bonchev–Trinajstić information content (AvgIpc) is 3.19. The van der Waals surface area contributed by atoms with E-state index in [0.717, 1.165) is 5.56 Å². The summed E-state index contributed by atoms with van der Waals surface area (Å²) in [6.07, 6.45) is 6.35. The topological polar surface area (TPSA) is 90.0 Å². The van der Waals surface area contributed by atoms with Gasteiger partial charge in [-0.05, 0) is 30.0 Å². The Balaban J connectivity index is 1.52. The van der Waals surface area contributed by atoms with E-state index >= 15 is 0 Å². The van der Waals surface area contributed by atoms with Crippen molar-refractivity contribution in [2.45, 2.75) is 40.2 Å². The van der Waals surface area contributed by atoms with Gasteiger partial charge in [0, 0.05) is 43.1 Å². The number of amides is 1.